The molecule has 0 bridgehead atoms. The average molecular weight is 587 g/mol. The maximum Gasteiger partial charge on any atom is 0.333 e. The molecule has 0 spiro atoms. The van der Waals surface area contributed by atoms with Gasteiger partial charge in [0.2, 0.25) is 0 Å². The zero-order valence-corrected chi connectivity index (χ0v) is 24.7. The van der Waals surface area contributed by atoms with Gasteiger partial charge in [0.15, 0.2) is 6.10 Å². The highest BCUT2D eigenvalue weighted by atomic mass is 32.2. The van der Waals surface area contributed by atoms with Crippen molar-refractivity contribution >= 4 is 29.1 Å². The molecule has 0 radical (unpaired) electrons. The van der Waals surface area contributed by atoms with E-state index in [9.17, 15) is 15.0 Å². The number of carbonyl (C=O) groups is 1. The smallest absolute Gasteiger partial charge is 0.333 e. The van der Waals surface area contributed by atoms with Crippen LogP contribution in [0.15, 0.2) is 113 Å². The molecule has 3 atom stereocenters. The molecule has 0 amide bonds. The monoisotopic (exact) mass is 586 g/mol. The van der Waals surface area contributed by atoms with Gasteiger partial charge in [0, 0.05) is 28.9 Å². The summed E-state index contributed by atoms with van der Waals surface area (Å²) in [6, 6.07) is 33.6. The van der Waals surface area contributed by atoms with Crippen LogP contribution in [0.1, 0.15) is 31.1 Å². The number of hydrogen-bond donors (Lipinski definition) is 3. The number of benzene rings is 4. The van der Waals surface area contributed by atoms with Crippen molar-refractivity contribution in [1.29, 1.82) is 0 Å². The number of carboxylic acids is 1. The molecule has 3 unspecified atom stereocenters. The number of hydrogen-bond acceptors (Lipinski definition) is 7. The maximum absolute atomic E-state index is 11.3. The first kappa shape index (κ1) is 31.1. The van der Waals surface area contributed by atoms with Gasteiger partial charge in [-0.15, -0.1) is 0 Å². The summed E-state index contributed by atoms with van der Waals surface area (Å²) in [5.41, 5.74) is 9.69. The number of rotatable bonds is 11. The van der Waals surface area contributed by atoms with Crippen LogP contribution in [0.2, 0.25) is 0 Å². The second-order valence-electron chi connectivity index (χ2n) is 9.88. The topological polar surface area (TPSA) is 105 Å². The fourth-order valence-electron chi connectivity index (χ4n) is 4.59. The van der Waals surface area contributed by atoms with Crippen LogP contribution in [0.5, 0.6) is 5.75 Å². The summed E-state index contributed by atoms with van der Waals surface area (Å²) in [5, 5.41) is 18.7. The number of nitrogens with two attached hydrogens (primary N) is 1. The molecule has 4 N–H and O–H groups in total. The van der Waals surface area contributed by atoms with Gasteiger partial charge in [-0.3, -0.25) is 0 Å². The van der Waals surface area contributed by atoms with E-state index < -0.39 is 18.2 Å². The molecule has 0 aliphatic carbocycles. The third-order valence-corrected chi connectivity index (χ3v) is 7.87. The number of para-hydroxylation sites is 2. The van der Waals surface area contributed by atoms with E-state index in [2.05, 4.69) is 53.4 Å². The van der Waals surface area contributed by atoms with Gasteiger partial charge >= 0.3 is 5.97 Å². The Labute approximate surface area is 251 Å². The molecule has 4 aromatic rings. The third-order valence-electron chi connectivity index (χ3n) is 6.74. The Morgan fingerprint density at radius 3 is 2.00 bits per heavy atom. The molecular weight excluding hydrogens is 548 g/mol. The first-order valence-electron chi connectivity index (χ1n) is 14.1. The van der Waals surface area contributed by atoms with Crippen LogP contribution in [0.25, 0.3) is 0 Å². The Morgan fingerprint density at radius 2 is 1.45 bits per heavy atom. The summed E-state index contributed by atoms with van der Waals surface area (Å²) in [6.45, 7) is 5.22. The minimum Gasteiger partial charge on any atom is -0.492 e. The average Bonchev–Trinajstić information content (AvgIpc) is 3.01. The number of carboxylic acid groups (broad SMARTS) is 1. The summed E-state index contributed by atoms with van der Waals surface area (Å²) in [5.74, 6) is -0.178. The van der Waals surface area contributed by atoms with Crippen molar-refractivity contribution in [2.45, 2.75) is 48.3 Å². The summed E-state index contributed by atoms with van der Waals surface area (Å²) in [7, 11) is 0. The number of fused-ring (bicyclic) bond motifs is 2. The lowest BCUT2D eigenvalue weighted by molar-refractivity contribution is -0.149. The molecule has 0 fully saturated rings. The molecular formula is C34H38N2O5S. The highest BCUT2D eigenvalue weighted by molar-refractivity contribution is 7.99. The quantitative estimate of drug-likeness (QED) is 0.184. The molecule has 220 valence electrons. The highest BCUT2D eigenvalue weighted by Gasteiger charge is 2.22. The first-order valence-corrected chi connectivity index (χ1v) is 14.9. The Bertz CT molecular complexity index is 1370. The minimum atomic E-state index is -0.942. The van der Waals surface area contributed by atoms with Crippen molar-refractivity contribution in [3.8, 4) is 5.75 Å². The zero-order chi connectivity index (χ0) is 29.9. The molecule has 4 aromatic carbocycles. The van der Waals surface area contributed by atoms with Gasteiger partial charge in [0.05, 0.1) is 24.0 Å². The van der Waals surface area contributed by atoms with Crippen molar-refractivity contribution in [3.63, 3.8) is 0 Å². The standard InChI is InChI=1S/C25H25NO4S.C9H13NO/c1-2-29-22(25(27)28)17-18-11-13-19(14-12-18)30-16-15-26-20-7-3-5-9-23(20)31-24-10-6-4-8-21(24)26;1-7(10)9(11)8-5-3-2-4-6-8/h3-14,22H,2,15-17H2,1H3,(H,27,28);2-7,9,11H,10H2,1H3. The molecule has 1 aliphatic heterocycles. The Balaban J connectivity index is 0.000000310. The fourth-order valence-corrected chi connectivity index (χ4v) is 5.68. The van der Waals surface area contributed by atoms with Gasteiger partial charge < -0.3 is 30.3 Å². The highest BCUT2D eigenvalue weighted by Crippen LogP contribution is 2.47. The molecule has 8 heteroatoms. The third kappa shape index (κ3) is 8.36. The van der Waals surface area contributed by atoms with Crippen LogP contribution >= 0.6 is 11.8 Å². The van der Waals surface area contributed by atoms with Gasteiger partial charge in [-0.05, 0) is 61.4 Å². The number of aliphatic hydroxyl groups excluding tert-OH is 1. The van der Waals surface area contributed by atoms with Crippen LogP contribution < -0.4 is 15.4 Å². The van der Waals surface area contributed by atoms with E-state index in [1.807, 2.05) is 54.6 Å². The number of anilines is 2. The predicted octanol–water partition coefficient (Wildman–Crippen LogP) is 6.47. The molecule has 0 saturated carbocycles. The van der Waals surface area contributed by atoms with Crippen molar-refractivity contribution in [2.75, 3.05) is 24.7 Å². The van der Waals surface area contributed by atoms with E-state index in [0.717, 1.165) is 23.4 Å². The molecule has 7 nitrogen and oxygen atoms in total. The van der Waals surface area contributed by atoms with E-state index in [0.29, 0.717) is 19.6 Å². The van der Waals surface area contributed by atoms with Gasteiger partial charge in [-0.25, -0.2) is 4.79 Å². The lowest BCUT2D eigenvalue weighted by Crippen LogP contribution is -2.26. The molecule has 5 rings (SSSR count). The van der Waals surface area contributed by atoms with Crippen molar-refractivity contribution in [3.05, 3.63) is 114 Å². The Kier molecular flexibility index (Phi) is 11.4. The molecule has 1 heterocycles. The van der Waals surface area contributed by atoms with Crippen LogP contribution in [0.3, 0.4) is 0 Å². The normalized spacial score (nSPS) is 14.0. The van der Waals surface area contributed by atoms with Crippen molar-refractivity contribution in [1.82, 2.24) is 0 Å². The molecule has 42 heavy (non-hydrogen) atoms. The van der Waals surface area contributed by atoms with E-state index in [1.165, 1.54) is 21.2 Å². The summed E-state index contributed by atoms with van der Waals surface area (Å²) in [4.78, 5) is 16.1. The Hall–Kier alpha value is -3.82. The predicted molar refractivity (Wildman–Crippen MR) is 168 cm³/mol. The maximum atomic E-state index is 11.3. The van der Waals surface area contributed by atoms with Crippen LogP contribution in [-0.2, 0) is 16.0 Å². The minimum absolute atomic E-state index is 0.211. The van der Waals surface area contributed by atoms with Crippen molar-refractivity contribution in [2.24, 2.45) is 5.73 Å². The summed E-state index contributed by atoms with van der Waals surface area (Å²) >= 11 is 1.79. The molecule has 0 aromatic heterocycles. The SMILES string of the molecule is CC(N)C(O)c1ccccc1.CCOC(Cc1ccc(OCCN2c3ccccc3Sc3ccccc32)cc1)C(=O)O. The van der Waals surface area contributed by atoms with Crippen LogP contribution in [0.4, 0.5) is 11.4 Å². The van der Waals surface area contributed by atoms with Gasteiger partial charge in [0.1, 0.15) is 12.4 Å². The van der Waals surface area contributed by atoms with Gasteiger partial charge in [-0.2, -0.15) is 0 Å². The summed E-state index contributed by atoms with van der Waals surface area (Å²) < 4.78 is 11.3. The largest absolute Gasteiger partial charge is 0.492 e. The molecule has 1 aliphatic rings. The van der Waals surface area contributed by atoms with E-state index in [1.54, 1.807) is 25.6 Å². The van der Waals surface area contributed by atoms with Crippen LogP contribution in [0, 0.1) is 0 Å². The van der Waals surface area contributed by atoms with Gasteiger partial charge in [-0.1, -0.05) is 78.5 Å². The molecule has 0 saturated heterocycles. The summed E-state index contributed by atoms with van der Waals surface area (Å²) in [6.07, 6.45) is -1.03. The lowest BCUT2D eigenvalue weighted by Gasteiger charge is -2.32. The second-order valence-corrected chi connectivity index (χ2v) is 11.0. The van der Waals surface area contributed by atoms with Gasteiger partial charge in [0.25, 0.3) is 0 Å². The van der Waals surface area contributed by atoms with E-state index >= 15 is 0 Å². The van der Waals surface area contributed by atoms with Crippen LogP contribution in [-0.4, -0.2) is 48.1 Å². The Morgan fingerprint density at radius 1 is 0.881 bits per heavy atom. The van der Waals surface area contributed by atoms with Crippen molar-refractivity contribution < 1.29 is 24.5 Å². The second kappa shape index (κ2) is 15.4. The fraction of sp³-hybridized carbons (Fsp3) is 0.265. The number of aliphatic carboxylic acids is 1. The number of nitrogens with zero attached hydrogens (tertiary/aromatic N) is 1. The van der Waals surface area contributed by atoms with E-state index in [-0.39, 0.29) is 6.04 Å². The zero-order valence-electron chi connectivity index (χ0n) is 23.9. The lowest BCUT2D eigenvalue weighted by atomic mass is 10.0. The number of ether oxygens (including phenoxy) is 2. The van der Waals surface area contributed by atoms with E-state index in [4.69, 9.17) is 15.2 Å². The number of aliphatic hydroxyl groups is 1. The first-order chi connectivity index (χ1) is 20.4.